The van der Waals surface area contributed by atoms with Crippen molar-refractivity contribution in [3.8, 4) is 5.75 Å². The summed E-state index contributed by atoms with van der Waals surface area (Å²) in [5.41, 5.74) is 1.79. The van der Waals surface area contributed by atoms with Gasteiger partial charge in [-0.3, -0.25) is 14.9 Å². The molecule has 0 saturated carbocycles. The minimum absolute atomic E-state index is 0.0706. The van der Waals surface area contributed by atoms with Crippen LogP contribution in [0.4, 0.5) is 11.4 Å². The molecule has 154 valence electrons. The molecule has 6 nitrogen and oxygen atoms in total. The van der Waals surface area contributed by atoms with E-state index in [0.29, 0.717) is 16.9 Å². The Balaban J connectivity index is 1.93. The number of ether oxygens (including phenoxy) is 1. The first kappa shape index (κ1) is 22.4. The van der Waals surface area contributed by atoms with Crippen LogP contribution in [0.2, 0.25) is 0 Å². The highest BCUT2D eigenvalue weighted by Crippen LogP contribution is 2.17. The summed E-state index contributed by atoms with van der Waals surface area (Å²) in [5.74, 6) is 0.214. The SMILES string of the molecule is CCC(C)Oc1ccc(C(=O)NC(=S)Nc2cccc(NC(=O)C(C)C)c2)cc1. The Hall–Kier alpha value is -2.93. The highest BCUT2D eigenvalue weighted by atomic mass is 32.1. The first-order chi connectivity index (χ1) is 13.8. The number of hydrogen-bond donors (Lipinski definition) is 3. The number of carbonyl (C=O) groups excluding carboxylic acids is 2. The fraction of sp³-hybridized carbons (Fsp3) is 0.318. The first-order valence-corrected chi connectivity index (χ1v) is 9.99. The minimum atomic E-state index is -0.318. The Labute approximate surface area is 177 Å². The maximum Gasteiger partial charge on any atom is 0.257 e. The Kier molecular flexibility index (Phi) is 8.15. The second kappa shape index (κ2) is 10.6. The van der Waals surface area contributed by atoms with E-state index < -0.39 is 0 Å². The number of nitrogens with one attached hydrogen (secondary N) is 3. The lowest BCUT2D eigenvalue weighted by molar-refractivity contribution is -0.118. The van der Waals surface area contributed by atoms with E-state index in [-0.39, 0.29) is 28.9 Å². The fourth-order valence-electron chi connectivity index (χ4n) is 2.30. The third-order valence-corrected chi connectivity index (χ3v) is 4.37. The third-order valence-electron chi connectivity index (χ3n) is 4.17. The molecule has 0 heterocycles. The van der Waals surface area contributed by atoms with Gasteiger partial charge in [0.05, 0.1) is 6.10 Å². The van der Waals surface area contributed by atoms with E-state index in [4.69, 9.17) is 17.0 Å². The van der Waals surface area contributed by atoms with Crippen molar-refractivity contribution in [1.82, 2.24) is 5.32 Å². The lowest BCUT2D eigenvalue weighted by Crippen LogP contribution is -2.34. The smallest absolute Gasteiger partial charge is 0.257 e. The normalized spacial score (nSPS) is 11.5. The van der Waals surface area contributed by atoms with E-state index in [1.165, 1.54) is 0 Å². The number of thiocarbonyl (C=S) groups is 1. The van der Waals surface area contributed by atoms with Crippen LogP contribution in [-0.2, 0) is 4.79 Å². The van der Waals surface area contributed by atoms with Crippen molar-refractivity contribution < 1.29 is 14.3 Å². The van der Waals surface area contributed by atoms with E-state index >= 15 is 0 Å². The summed E-state index contributed by atoms with van der Waals surface area (Å²) in [7, 11) is 0. The van der Waals surface area contributed by atoms with Crippen molar-refractivity contribution in [3.05, 3.63) is 54.1 Å². The molecule has 2 rings (SSSR count). The van der Waals surface area contributed by atoms with Crippen LogP contribution in [0.25, 0.3) is 0 Å². The van der Waals surface area contributed by atoms with Crippen molar-refractivity contribution in [2.75, 3.05) is 10.6 Å². The summed E-state index contributed by atoms with van der Waals surface area (Å²) in [6, 6.07) is 14.0. The summed E-state index contributed by atoms with van der Waals surface area (Å²) in [6.07, 6.45) is 1.03. The zero-order chi connectivity index (χ0) is 21.4. The van der Waals surface area contributed by atoms with Crippen LogP contribution in [0.1, 0.15) is 44.5 Å². The molecule has 0 aliphatic heterocycles. The van der Waals surface area contributed by atoms with Crippen molar-refractivity contribution in [2.24, 2.45) is 5.92 Å². The average molecular weight is 414 g/mol. The molecule has 2 amide bonds. The van der Waals surface area contributed by atoms with Gasteiger partial charge in [-0.05, 0) is 68.0 Å². The van der Waals surface area contributed by atoms with Gasteiger partial charge in [0.25, 0.3) is 5.91 Å². The van der Waals surface area contributed by atoms with Gasteiger partial charge in [-0.15, -0.1) is 0 Å². The van der Waals surface area contributed by atoms with Gasteiger partial charge in [-0.2, -0.15) is 0 Å². The molecule has 29 heavy (non-hydrogen) atoms. The number of hydrogen-bond acceptors (Lipinski definition) is 4. The van der Waals surface area contributed by atoms with Gasteiger partial charge < -0.3 is 15.4 Å². The predicted octanol–water partition coefficient (Wildman–Crippen LogP) is 4.59. The molecule has 1 atom stereocenters. The molecule has 0 spiro atoms. The van der Waals surface area contributed by atoms with Crippen LogP contribution in [0.3, 0.4) is 0 Å². The Morgan fingerprint density at radius 3 is 2.21 bits per heavy atom. The molecule has 2 aromatic rings. The molecule has 0 fully saturated rings. The van der Waals surface area contributed by atoms with E-state index in [9.17, 15) is 9.59 Å². The molecule has 2 aromatic carbocycles. The number of anilines is 2. The lowest BCUT2D eigenvalue weighted by Gasteiger charge is -2.13. The Morgan fingerprint density at radius 1 is 1.00 bits per heavy atom. The van der Waals surface area contributed by atoms with Gasteiger partial charge in [0.2, 0.25) is 5.91 Å². The first-order valence-electron chi connectivity index (χ1n) is 9.58. The van der Waals surface area contributed by atoms with Gasteiger partial charge >= 0.3 is 0 Å². The molecular formula is C22H27N3O3S. The summed E-state index contributed by atoms with van der Waals surface area (Å²) < 4.78 is 5.71. The molecule has 0 saturated heterocycles. The van der Waals surface area contributed by atoms with Gasteiger partial charge in [-0.1, -0.05) is 26.8 Å². The van der Waals surface area contributed by atoms with Gasteiger partial charge in [0.15, 0.2) is 5.11 Å². The second-order valence-corrected chi connectivity index (χ2v) is 7.40. The molecule has 1 unspecified atom stereocenters. The van der Waals surface area contributed by atoms with Crippen molar-refractivity contribution >= 4 is 40.5 Å². The summed E-state index contributed by atoms with van der Waals surface area (Å²) >= 11 is 5.23. The van der Waals surface area contributed by atoms with E-state index in [0.717, 1.165) is 12.2 Å². The van der Waals surface area contributed by atoms with Gasteiger partial charge in [0.1, 0.15) is 5.75 Å². The molecule has 0 radical (unpaired) electrons. The van der Waals surface area contributed by atoms with Crippen LogP contribution in [0.15, 0.2) is 48.5 Å². The summed E-state index contributed by atoms with van der Waals surface area (Å²) in [6.45, 7) is 7.69. The monoisotopic (exact) mass is 413 g/mol. The van der Waals surface area contributed by atoms with Crippen molar-refractivity contribution in [2.45, 2.75) is 40.2 Å². The number of amides is 2. The molecule has 0 bridgehead atoms. The molecule has 0 aromatic heterocycles. The van der Waals surface area contributed by atoms with Gasteiger partial charge in [0, 0.05) is 22.9 Å². The maximum absolute atomic E-state index is 12.4. The van der Waals surface area contributed by atoms with Crippen LogP contribution < -0.4 is 20.7 Å². The molecular weight excluding hydrogens is 386 g/mol. The summed E-state index contributed by atoms with van der Waals surface area (Å²) in [4.78, 5) is 24.2. The number of carbonyl (C=O) groups is 2. The zero-order valence-corrected chi connectivity index (χ0v) is 17.9. The maximum atomic E-state index is 12.4. The second-order valence-electron chi connectivity index (χ2n) is 6.99. The van der Waals surface area contributed by atoms with E-state index in [1.807, 2.05) is 27.7 Å². The molecule has 0 aliphatic rings. The quantitative estimate of drug-likeness (QED) is 0.579. The highest BCUT2D eigenvalue weighted by Gasteiger charge is 2.10. The van der Waals surface area contributed by atoms with Gasteiger partial charge in [-0.25, -0.2) is 0 Å². The standard InChI is InChI=1S/C22H27N3O3S/c1-5-15(4)28-19-11-9-16(10-12-19)21(27)25-22(29)24-18-8-6-7-17(13-18)23-20(26)14(2)3/h6-15H,5H2,1-4H3,(H,23,26)(H2,24,25,27,29). The van der Waals surface area contributed by atoms with E-state index in [1.54, 1.807) is 48.5 Å². The van der Waals surface area contributed by atoms with Crippen molar-refractivity contribution in [1.29, 1.82) is 0 Å². The van der Waals surface area contributed by atoms with Crippen LogP contribution in [-0.4, -0.2) is 23.0 Å². The minimum Gasteiger partial charge on any atom is -0.491 e. The van der Waals surface area contributed by atoms with E-state index in [2.05, 4.69) is 16.0 Å². The Morgan fingerprint density at radius 2 is 1.62 bits per heavy atom. The molecule has 3 N–H and O–H groups in total. The summed E-state index contributed by atoms with van der Waals surface area (Å²) in [5, 5.41) is 8.59. The fourth-order valence-corrected chi connectivity index (χ4v) is 2.51. The number of rotatable bonds is 7. The third kappa shape index (κ3) is 7.19. The lowest BCUT2D eigenvalue weighted by atomic mass is 10.2. The topological polar surface area (TPSA) is 79.5 Å². The van der Waals surface area contributed by atoms with Crippen LogP contribution >= 0.6 is 12.2 Å². The highest BCUT2D eigenvalue weighted by molar-refractivity contribution is 7.80. The number of benzene rings is 2. The molecule has 7 heteroatoms. The largest absolute Gasteiger partial charge is 0.491 e. The van der Waals surface area contributed by atoms with Crippen molar-refractivity contribution in [3.63, 3.8) is 0 Å². The Bertz CT molecular complexity index is 866. The van der Waals surface area contributed by atoms with Crippen LogP contribution in [0, 0.1) is 5.92 Å². The predicted molar refractivity (Wildman–Crippen MR) is 120 cm³/mol. The average Bonchev–Trinajstić information content (AvgIpc) is 2.68. The van der Waals surface area contributed by atoms with Crippen LogP contribution in [0.5, 0.6) is 5.75 Å². The molecule has 0 aliphatic carbocycles. The zero-order valence-electron chi connectivity index (χ0n) is 17.1.